The van der Waals surface area contributed by atoms with E-state index < -0.39 is 0 Å². The molecule has 0 unspecified atom stereocenters. The van der Waals surface area contributed by atoms with Crippen molar-refractivity contribution in [1.29, 1.82) is 0 Å². The molecule has 0 aliphatic carbocycles. The molecule has 7 heteroatoms. The summed E-state index contributed by atoms with van der Waals surface area (Å²) in [5.41, 5.74) is 2.01. The first-order valence-electron chi connectivity index (χ1n) is 10.6. The number of hydrogen-bond acceptors (Lipinski definition) is 5. The number of carbonyl (C=O) groups excluding carboxylic acids is 1. The molecular weight excluding hydrogens is 396 g/mol. The predicted molar refractivity (Wildman–Crippen MR) is 121 cm³/mol. The number of rotatable bonds is 6. The molecule has 30 heavy (non-hydrogen) atoms. The van der Waals surface area contributed by atoms with E-state index in [1.165, 1.54) is 16.9 Å². The van der Waals surface area contributed by atoms with Gasteiger partial charge in [-0.25, -0.2) is 4.98 Å². The third kappa shape index (κ3) is 4.32. The van der Waals surface area contributed by atoms with Gasteiger partial charge in [-0.15, -0.1) is 11.3 Å². The second kappa shape index (κ2) is 9.10. The van der Waals surface area contributed by atoms with Gasteiger partial charge in [0.15, 0.2) is 0 Å². The van der Waals surface area contributed by atoms with Crippen LogP contribution >= 0.6 is 11.3 Å². The molecule has 1 amide bonds. The van der Waals surface area contributed by atoms with Crippen molar-refractivity contribution in [2.75, 3.05) is 20.1 Å². The third-order valence-electron chi connectivity index (χ3n) is 5.69. The first-order valence-corrected chi connectivity index (χ1v) is 11.4. The zero-order valence-corrected chi connectivity index (χ0v) is 18.4. The van der Waals surface area contributed by atoms with E-state index in [0.717, 1.165) is 56.7 Å². The second-order valence-corrected chi connectivity index (χ2v) is 9.01. The van der Waals surface area contributed by atoms with E-state index in [4.69, 9.17) is 4.98 Å². The van der Waals surface area contributed by atoms with Gasteiger partial charge < -0.3 is 10.2 Å². The summed E-state index contributed by atoms with van der Waals surface area (Å²) in [6.45, 7) is 4.73. The number of thiophene rings is 1. The topological polar surface area (TPSA) is 67.2 Å². The molecule has 3 aromatic rings. The summed E-state index contributed by atoms with van der Waals surface area (Å²) in [5, 5.41) is 3.62. The zero-order valence-electron chi connectivity index (χ0n) is 17.6. The molecule has 0 spiro atoms. The highest BCUT2D eigenvalue weighted by molar-refractivity contribution is 7.20. The van der Waals surface area contributed by atoms with Crippen LogP contribution in [0.25, 0.3) is 10.2 Å². The summed E-state index contributed by atoms with van der Waals surface area (Å²) >= 11 is 1.34. The highest BCUT2D eigenvalue weighted by Crippen LogP contribution is 2.28. The maximum absolute atomic E-state index is 13.1. The lowest BCUT2D eigenvalue weighted by molar-refractivity contribution is 0.0953. The molecule has 0 radical (unpaired) electrons. The van der Waals surface area contributed by atoms with E-state index in [2.05, 4.69) is 22.3 Å². The van der Waals surface area contributed by atoms with E-state index in [-0.39, 0.29) is 11.5 Å². The van der Waals surface area contributed by atoms with Crippen LogP contribution in [0.3, 0.4) is 0 Å². The van der Waals surface area contributed by atoms with Crippen molar-refractivity contribution in [3.05, 3.63) is 62.5 Å². The van der Waals surface area contributed by atoms with Gasteiger partial charge in [-0.05, 0) is 37.9 Å². The lowest BCUT2D eigenvalue weighted by atomic mass is 10.2. The van der Waals surface area contributed by atoms with Gasteiger partial charge in [0.1, 0.15) is 10.7 Å². The highest BCUT2D eigenvalue weighted by atomic mass is 32.1. The fourth-order valence-electron chi connectivity index (χ4n) is 4.04. The highest BCUT2D eigenvalue weighted by Gasteiger charge is 2.22. The number of nitrogens with zero attached hydrogens (tertiary/aromatic N) is 3. The van der Waals surface area contributed by atoms with Crippen LogP contribution in [-0.2, 0) is 19.5 Å². The minimum absolute atomic E-state index is 0.00675. The molecule has 158 valence electrons. The standard InChI is InChI=1S/C23H28N4O2S/c1-16-19-22(25-18-11-7-4-8-13-27(18)23(19)29)30-20(16)21(28)24-12-14-26(2)15-17-9-5-3-6-10-17/h3,5-6,9-10H,4,7-8,11-15H2,1-2H3,(H,24,28). The minimum Gasteiger partial charge on any atom is -0.350 e. The number of aromatic nitrogens is 2. The molecular formula is C23H28N4O2S. The van der Waals surface area contributed by atoms with E-state index in [1.54, 1.807) is 0 Å². The van der Waals surface area contributed by atoms with Crippen LogP contribution in [0, 0.1) is 6.92 Å². The van der Waals surface area contributed by atoms with Gasteiger partial charge in [0.25, 0.3) is 11.5 Å². The molecule has 0 atom stereocenters. The van der Waals surface area contributed by atoms with Crippen molar-refractivity contribution in [1.82, 2.24) is 19.8 Å². The normalized spacial score (nSPS) is 14.0. The monoisotopic (exact) mass is 424 g/mol. The number of aryl methyl sites for hydroxylation is 2. The Hall–Kier alpha value is -2.51. The van der Waals surface area contributed by atoms with Crippen LogP contribution in [0.1, 0.15) is 45.9 Å². The van der Waals surface area contributed by atoms with Crippen LogP contribution < -0.4 is 10.9 Å². The smallest absolute Gasteiger partial charge is 0.262 e. The maximum Gasteiger partial charge on any atom is 0.262 e. The van der Waals surface area contributed by atoms with Gasteiger partial charge in [0.2, 0.25) is 0 Å². The summed E-state index contributed by atoms with van der Waals surface area (Å²) in [7, 11) is 2.04. The van der Waals surface area contributed by atoms with Crippen molar-refractivity contribution in [2.45, 2.75) is 45.7 Å². The Kier molecular flexibility index (Phi) is 6.29. The third-order valence-corrected chi connectivity index (χ3v) is 6.88. The number of benzene rings is 1. The molecule has 0 fully saturated rings. The molecule has 0 bridgehead atoms. The van der Waals surface area contributed by atoms with Gasteiger partial charge in [-0.1, -0.05) is 36.8 Å². The van der Waals surface area contributed by atoms with E-state index in [9.17, 15) is 9.59 Å². The Morgan fingerprint density at radius 2 is 2.03 bits per heavy atom. The minimum atomic E-state index is -0.122. The fourth-order valence-corrected chi connectivity index (χ4v) is 5.15. The first-order chi connectivity index (χ1) is 14.5. The SMILES string of the molecule is Cc1c(C(=O)NCCN(C)Cc2ccccc2)sc2nc3n(c(=O)c12)CCCCC3. The average Bonchev–Trinajstić information content (AvgIpc) is 2.90. The summed E-state index contributed by atoms with van der Waals surface area (Å²) in [6, 6.07) is 10.3. The van der Waals surface area contributed by atoms with Crippen molar-refractivity contribution in [2.24, 2.45) is 0 Å². The van der Waals surface area contributed by atoms with Crippen molar-refractivity contribution >= 4 is 27.5 Å². The number of likely N-dealkylation sites (N-methyl/N-ethyl adjacent to an activating group) is 1. The van der Waals surface area contributed by atoms with Crippen LogP contribution in [-0.4, -0.2) is 40.5 Å². The summed E-state index contributed by atoms with van der Waals surface area (Å²) in [6.07, 6.45) is 4.03. The van der Waals surface area contributed by atoms with Crippen LogP contribution in [0.15, 0.2) is 35.1 Å². The van der Waals surface area contributed by atoms with Crippen LogP contribution in [0.5, 0.6) is 0 Å². The van der Waals surface area contributed by atoms with Gasteiger partial charge in [0, 0.05) is 32.6 Å². The Balaban J connectivity index is 1.45. The van der Waals surface area contributed by atoms with Crippen LogP contribution in [0.4, 0.5) is 0 Å². The predicted octanol–water partition coefficient (Wildman–Crippen LogP) is 3.35. The molecule has 6 nitrogen and oxygen atoms in total. The second-order valence-electron chi connectivity index (χ2n) is 8.01. The zero-order chi connectivity index (χ0) is 21.1. The number of nitrogens with one attached hydrogen (secondary N) is 1. The Morgan fingerprint density at radius 3 is 2.83 bits per heavy atom. The number of hydrogen-bond donors (Lipinski definition) is 1. The van der Waals surface area contributed by atoms with Crippen LogP contribution in [0.2, 0.25) is 0 Å². The molecule has 4 rings (SSSR count). The molecule has 3 heterocycles. The molecule has 1 N–H and O–H groups in total. The molecule has 1 aromatic carbocycles. The molecule has 0 saturated heterocycles. The van der Waals surface area contributed by atoms with Crippen molar-refractivity contribution < 1.29 is 4.79 Å². The molecule has 2 aromatic heterocycles. The lowest BCUT2D eigenvalue weighted by Crippen LogP contribution is -2.32. The average molecular weight is 425 g/mol. The summed E-state index contributed by atoms with van der Waals surface area (Å²) in [4.78, 5) is 34.1. The summed E-state index contributed by atoms with van der Waals surface area (Å²) < 4.78 is 1.81. The Bertz CT molecular complexity index is 1100. The van der Waals surface area contributed by atoms with E-state index in [0.29, 0.717) is 21.6 Å². The fraction of sp³-hybridized carbons (Fsp3) is 0.435. The maximum atomic E-state index is 13.1. The number of amides is 1. The molecule has 1 aliphatic rings. The summed E-state index contributed by atoms with van der Waals surface area (Å²) in [5.74, 6) is 0.740. The number of carbonyl (C=O) groups is 1. The molecule has 0 saturated carbocycles. The lowest BCUT2D eigenvalue weighted by Gasteiger charge is -2.16. The number of fused-ring (bicyclic) bond motifs is 2. The van der Waals surface area contributed by atoms with E-state index in [1.807, 2.05) is 36.7 Å². The van der Waals surface area contributed by atoms with Gasteiger partial charge in [-0.2, -0.15) is 0 Å². The first kappa shape index (κ1) is 20.8. The van der Waals surface area contributed by atoms with E-state index >= 15 is 0 Å². The largest absolute Gasteiger partial charge is 0.350 e. The van der Waals surface area contributed by atoms with Gasteiger partial charge in [0.05, 0.1) is 10.3 Å². The Labute approximate surface area is 180 Å². The van der Waals surface area contributed by atoms with Gasteiger partial charge >= 0.3 is 0 Å². The van der Waals surface area contributed by atoms with Crippen molar-refractivity contribution in [3.63, 3.8) is 0 Å². The quantitative estimate of drug-likeness (QED) is 0.659. The van der Waals surface area contributed by atoms with Crippen molar-refractivity contribution in [3.8, 4) is 0 Å². The Morgan fingerprint density at radius 1 is 1.23 bits per heavy atom. The van der Waals surface area contributed by atoms with Gasteiger partial charge in [-0.3, -0.25) is 14.2 Å². The molecule has 1 aliphatic heterocycles.